The molecule has 1 unspecified atom stereocenters. The lowest BCUT2D eigenvalue weighted by molar-refractivity contribution is -0.138. The number of hydrogen-bond acceptors (Lipinski definition) is 3. The molecule has 2 aromatic rings. The van der Waals surface area contributed by atoms with Gasteiger partial charge in [0.15, 0.2) is 0 Å². The second-order valence-electron chi connectivity index (χ2n) is 7.55. The predicted octanol–water partition coefficient (Wildman–Crippen LogP) is 4.54. The largest absolute Gasteiger partial charge is 0.508 e. The third kappa shape index (κ3) is 4.30. The standard InChI is InChI=1S/C22H26FNO3/c1-14-9-11-24(12-10-14)21(16-3-6-18(23)7-4-16)19-8-5-17(13-20(19)25)15(2)22(26)27/h3-8,13-15,21,25H,9-12H2,1-2H3,(H,26,27)/t15-,21?/m1/s1. The van der Waals surface area contributed by atoms with E-state index in [0.29, 0.717) is 11.5 Å². The minimum Gasteiger partial charge on any atom is -0.508 e. The number of hydrogen-bond donors (Lipinski definition) is 2. The third-order valence-corrected chi connectivity index (χ3v) is 5.59. The molecule has 4 nitrogen and oxygen atoms in total. The topological polar surface area (TPSA) is 60.8 Å². The van der Waals surface area contributed by atoms with Crippen molar-refractivity contribution in [1.82, 2.24) is 4.90 Å². The number of aromatic hydroxyl groups is 1. The fraction of sp³-hybridized carbons (Fsp3) is 0.409. The molecular formula is C22H26FNO3. The minimum absolute atomic E-state index is 0.0774. The van der Waals surface area contributed by atoms with Crippen LogP contribution in [-0.4, -0.2) is 34.2 Å². The Hall–Kier alpha value is -2.40. The van der Waals surface area contributed by atoms with Crippen molar-refractivity contribution in [3.63, 3.8) is 0 Å². The molecule has 2 N–H and O–H groups in total. The van der Waals surface area contributed by atoms with Crippen LogP contribution >= 0.6 is 0 Å². The van der Waals surface area contributed by atoms with Crippen molar-refractivity contribution in [1.29, 1.82) is 0 Å². The highest BCUT2D eigenvalue weighted by Gasteiger charge is 2.28. The van der Waals surface area contributed by atoms with Crippen molar-refractivity contribution in [3.05, 3.63) is 65.0 Å². The van der Waals surface area contributed by atoms with Crippen LogP contribution in [0.25, 0.3) is 0 Å². The van der Waals surface area contributed by atoms with E-state index in [9.17, 15) is 19.4 Å². The summed E-state index contributed by atoms with van der Waals surface area (Å²) in [4.78, 5) is 13.5. The van der Waals surface area contributed by atoms with Gasteiger partial charge in [0, 0.05) is 5.56 Å². The van der Waals surface area contributed by atoms with Crippen molar-refractivity contribution in [2.75, 3.05) is 13.1 Å². The van der Waals surface area contributed by atoms with E-state index in [2.05, 4.69) is 11.8 Å². The van der Waals surface area contributed by atoms with Gasteiger partial charge in [-0.1, -0.05) is 31.2 Å². The first kappa shape index (κ1) is 19.4. The molecule has 1 aliphatic heterocycles. The maximum atomic E-state index is 13.4. The number of carboxylic acids is 1. The van der Waals surface area contributed by atoms with E-state index in [-0.39, 0.29) is 17.6 Å². The Balaban J connectivity index is 1.99. The van der Waals surface area contributed by atoms with E-state index in [1.165, 1.54) is 18.2 Å². The van der Waals surface area contributed by atoms with E-state index in [1.54, 1.807) is 31.2 Å². The van der Waals surface area contributed by atoms with Gasteiger partial charge in [-0.05, 0) is 68.1 Å². The summed E-state index contributed by atoms with van der Waals surface area (Å²) >= 11 is 0. The molecule has 0 spiro atoms. The number of carboxylic acid groups (broad SMARTS) is 1. The van der Waals surface area contributed by atoms with E-state index >= 15 is 0 Å². The van der Waals surface area contributed by atoms with Gasteiger partial charge >= 0.3 is 5.97 Å². The summed E-state index contributed by atoms with van der Waals surface area (Å²) in [5.41, 5.74) is 2.20. The van der Waals surface area contributed by atoms with Gasteiger partial charge in [0.25, 0.3) is 0 Å². The Morgan fingerprint density at radius 1 is 1.11 bits per heavy atom. The highest BCUT2D eigenvalue weighted by molar-refractivity contribution is 5.75. The second-order valence-corrected chi connectivity index (χ2v) is 7.55. The number of benzene rings is 2. The Kier molecular flexibility index (Phi) is 5.80. The molecule has 2 aromatic carbocycles. The zero-order valence-electron chi connectivity index (χ0n) is 15.7. The fourth-order valence-corrected chi connectivity index (χ4v) is 3.72. The lowest BCUT2D eigenvalue weighted by Crippen LogP contribution is -2.36. The summed E-state index contributed by atoms with van der Waals surface area (Å²) in [7, 11) is 0. The van der Waals surface area contributed by atoms with Crippen molar-refractivity contribution < 1.29 is 19.4 Å². The summed E-state index contributed by atoms with van der Waals surface area (Å²) in [5.74, 6) is -1.16. The average molecular weight is 371 g/mol. The zero-order chi connectivity index (χ0) is 19.6. The Bertz CT molecular complexity index is 798. The number of carbonyl (C=O) groups is 1. The first-order valence-corrected chi connectivity index (χ1v) is 9.42. The number of rotatable bonds is 5. The van der Waals surface area contributed by atoms with Gasteiger partial charge in [0.2, 0.25) is 0 Å². The van der Waals surface area contributed by atoms with Gasteiger partial charge in [0.05, 0.1) is 12.0 Å². The maximum Gasteiger partial charge on any atom is 0.310 e. The molecule has 1 saturated heterocycles. The van der Waals surface area contributed by atoms with Crippen LogP contribution < -0.4 is 0 Å². The first-order chi connectivity index (χ1) is 12.9. The molecule has 1 heterocycles. The summed E-state index contributed by atoms with van der Waals surface area (Å²) in [6.45, 7) is 5.63. The molecule has 0 saturated carbocycles. The van der Waals surface area contributed by atoms with Gasteiger partial charge < -0.3 is 10.2 Å². The van der Waals surface area contributed by atoms with Crippen molar-refractivity contribution in [2.45, 2.75) is 38.6 Å². The van der Waals surface area contributed by atoms with E-state index in [1.807, 2.05) is 0 Å². The van der Waals surface area contributed by atoms with Crippen molar-refractivity contribution in [3.8, 4) is 5.75 Å². The molecule has 5 heteroatoms. The van der Waals surface area contributed by atoms with E-state index < -0.39 is 11.9 Å². The van der Waals surface area contributed by atoms with Gasteiger partial charge in [-0.15, -0.1) is 0 Å². The van der Waals surface area contributed by atoms with Crippen LogP contribution in [0.1, 0.15) is 55.3 Å². The van der Waals surface area contributed by atoms with E-state index in [4.69, 9.17) is 0 Å². The third-order valence-electron chi connectivity index (χ3n) is 5.59. The number of phenolic OH excluding ortho intramolecular Hbond substituents is 1. The molecule has 144 valence electrons. The van der Waals surface area contributed by atoms with Crippen LogP contribution in [0.3, 0.4) is 0 Å². The molecule has 0 aliphatic carbocycles. The van der Waals surface area contributed by atoms with Crippen LogP contribution in [0, 0.1) is 11.7 Å². The molecule has 0 radical (unpaired) electrons. The van der Waals surface area contributed by atoms with Gasteiger partial charge in [-0.25, -0.2) is 4.39 Å². The average Bonchev–Trinajstić information content (AvgIpc) is 2.65. The molecule has 0 bridgehead atoms. The highest BCUT2D eigenvalue weighted by atomic mass is 19.1. The molecular weight excluding hydrogens is 345 g/mol. The van der Waals surface area contributed by atoms with Crippen LogP contribution in [0.5, 0.6) is 5.75 Å². The van der Waals surface area contributed by atoms with Gasteiger partial charge in [-0.2, -0.15) is 0 Å². The summed E-state index contributed by atoms with van der Waals surface area (Å²) in [6, 6.07) is 11.3. The number of likely N-dealkylation sites (tertiary alicyclic amines) is 1. The van der Waals surface area contributed by atoms with Crippen LogP contribution in [0.4, 0.5) is 4.39 Å². The highest BCUT2D eigenvalue weighted by Crippen LogP contribution is 2.38. The second kappa shape index (κ2) is 8.09. The molecule has 3 rings (SSSR count). The normalized spacial score (nSPS) is 18.2. The lowest BCUT2D eigenvalue weighted by Gasteiger charge is -2.37. The summed E-state index contributed by atoms with van der Waals surface area (Å²) in [6.07, 6.45) is 2.15. The fourth-order valence-electron chi connectivity index (χ4n) is 3.72. The zero-order valence-corrected chi connectivity index (χ0v) is 15.7. The summed E-state index contributed by atoms with van der Waals surface area (Å²) < 4.78 is 13.4. The van der Waals surface area contributed by atoms with E-state index in [0.717, 1.165) is 37.1 Å². The minimum atomic E-state index is -0.928. The molecule has 1 aliphatic rings. The first-order valence-electron chi connectivity index (χ1n) is 9.42. The maximum absolute atomic E-state index is 13.4. The molecule has 0 amide bonds. The summed E-state index contributed by atoms with van der Waals surface area (Å²) in [5, 5.41) is 19.9. The Labute approximate surface area is 159 Å². The smallest absolute Gasteiger partial charge is 0.310 e. The lowest BCUT2D eigenvalue weighted by atomic mass is 9.90. The molecule has 27 heavy (non-hydrogen) atoms. The van der Waals surface area contributed by atoms with Crippen molar-refractivity contribution >= 4 is 5.97 Å². The molecule has 0 aromatic heterocycles. The van der Waals surface area contributed by atoms with Gasteiger partial charge in [-0.3, -0.25) is 9.69 Å². The number of nitrogens with zero attached hydrogens (tertiary/aromatic N) is 1. The molecule has 2 atom stereocenters. The number of piperidine rings is 1. The van der Waals surface area contributed by atoms with Crippen molar-refractivity contribution in [2.24, 2.45) is 5.92 Å². The number of halogens is 1. The SMILES string of the molecule is CC1CCN(C(c2ccc(F)cc2)c2ccc([C@@H](C)C(=O)O)cc2O)CC1. The Morgan fingerprint density at radius 3 is 2.26 bits per heavy atom. The van der Waals surface area contributed by atoms with Crippen LogP contribution in [-0.2, 0) is 4.79 Å². The number of phenols is 1. The number of aliphatic carboxylic acids is 1. The molecule has 1 fully saturated rings. The van der Waals surface area contributed by atoms with Gasteiger partial charge in [0.1, 0.15) is 11.6 Å². The Morgan fingerprint density at radius 2 is 1.70 bits per heavy atom. The quantitative estimate of drug-likeness (QED) is 0.810. The monoisotopic (exact) mass is 371 g/mol. The van der Waals surface area contributed by atoms with Crippen LogP contribution in [0.15, 0.2) is 42.5 Å². The van der Waals surface area contributed by atoms with Crippen LogP contribution in [0.2, 0.25) is 0 Å². The predicted molar refractivity (Wildman–Crippen MR) is 102 cm³/mol.